The van der Waals surface area contributed by atoms with Crippen molar-refractivity contribution in [3.05, 3.63) is 72.8 Å². The van der Waals surface area contributed by atoms with E-state index in [0.29, 0.717) is 0 Å². The minimum atomic E-state index is 0. The van der Waals surface area contributed by atoms with E-state index in [4.69, 9.17) is 0 Å². The second kappa shape index (κ2) is 42.2. The van der Waals surface area contributed by atoms with Crippen LogP contribution >= 0.6 is 0 Å². The van der Waals surface area contributed by atoms with E-state index in [-0.39, 0.29) is 124 Å². The molecule has 0 radical (unpaired) electrons. The molecule has 0 unspecified atom stereocenters. The van der Waals surface area contributed by atoms with Gasteiger partial charge in [-0.25, -0.2) is 0 Å². The molecule has 2 aromatic rings. The minimum absolute atomic E-state index is 0. The number of halogens is 4. The van der Waals surface area contributed by atoms with E-state index in [1.54, 1.807) is 0 Å². The summed E-state index contributed by atoms with van der Waals surface area (Å²) in [7, 11) is 8.35. The Morgan fingerprint density at radius 2 is 0.778 bits per heavy atom. The predicted molar refractivity (Wildman–Crippen MR) is 99.2 cm³/mol. The Bertz CT molecular complexity index is 314. The summed E-state index contributed by atoms with van der Waals surface area (Å²) < 4.78 is 0. The molecule has 2 rings (SSSR count). The van der Waals surface area contributed by atoms with Gasteiger partial charge in [0, 0.05) is 13.1 Å². The number of nitrogens with zero attached hydrogens (tertiary/aromatic N) is 2. The molecule has 2 aromatic carbocycles. The number of hydrogen-bond acceptors (Lipinski definition) is 2. The van der Waals surface area contributed by atoms with Crippen LogP contribution in [0.25, 0.3) is 0 Å². The average molecular weight is 615 g/mol. The van der Waals surface area contributed by atoms with Crippen LogP contribution in [0.1, 0.15) is 0 Å². The zero-order valence-corrected chi connectivity index (χ0v) is 27.2. The smallest absolute Gasteiger partial charge is 1.00 e. The molecule has 27 heavy (non-hydrogen) atoms. The molecule has 0 fully saturated rings. The first-order chi connectivity index (χ1) is 9.63. The van der Waals surface area contributed by atoms with E-state index in [2.05, 4.69) is 50.1 Å². The second-order valence-corrected chi connectivity index (χ2v) is 4.76. The van der Waals surface area contributed by atoms with Crippen LogP contribution in [-0.2, 0) is 19.5 Å². The second-order valence-electron chi connectivity index (χ2n) is 4.76. The van der Waals surface area contributed by atoms with E-state index >= 15 is 0 Å². The zero-order valence-electron chi connectivity index (χ0n) is 16.7. The topological polar surface area (TPSA) is 6.48 Å². The third-order valence-corrected chi connectivity index (χ3v) is 2.21. The fraction of sp³-hybridized carbons (Fsp3) is 0.333. The molecule has 142 valence electrons. The number of hydrogen-bond donors (Lipinski definition) is 0. The first-order valence-corrected chi connectivity index (χ1v) is 6.74. The van der Waals surface area contributed by atoms with E-state index in [9.17, 15) is 0 Å². The molecule has 0 spiro atoms. The molecular weight excluding hydrogens is 589 g/mol. The maximum atomic E-state index is 2.89. The van der Waals surface area contributed by atoms with Gasteiger partial charge < -0.3 is 68.6 Å². The molecule has 0 N–H and O–H groups in total. The van der Waals surface area contributed by atoms with Crippen LogP contribution in [0.3, 0.4) is 0 Å². The van der Waals surface area contributed by atoms with Crippen molar-refractivity contribution < 1.29 is 78.3 Å². The van der Waals surface area contributed by atoms with Gasteiger partial charge in [0.15, 0.2) is 0 Å². The van der Waals surface area contributed by atoms with Crippen LogP contribution in [0.4, 0.5) is 0 Å². The van der Waals surface area contributed by atoms with Gasteiger partial charge in [-0.3, -0.25) is 0 Å². The third-order valence-electron chi connectivity index (χ3n) is 2.21. The SMILES string of the molecule is CN(C)CCN(C)C.[Br-].[Br-].[Cl-].[Cl-].[Mg+2].[Mg+2].[Zn+2].[c-]1ccccc1.[c-]1ccccc1. The van der Waals surface area contributed by atoms with Gasteiger partial charge in [-0.1, -0.05) is 0 Å². The monoisotopic (exact) mass is 610 g/mol. The molecular formula is C18H26Br2Cl2Mg2N2Zn. The summed E-state index contributed by atoms with van der Waals surface area (Å²) >= 11 is 0. The summed E-state index contributed by atoms with van der Waals surface area (Å²) in [6.07, 6.45) is 0. The minimum Gasteiger partial charge on any atom is -1.00 e. The Balaban J connectivity index is -0.0000000298. The Kier molecular flexibility index (Phi) is 80.7. The van der Waals surface area contributed by atoms with Gasteiger partial charge in [-0.2, -0.15) is 72.8 Å². The molecule has 0 aromatic heterocycles. The van der Waals surface area contributed by atoms with Crippen molar-refractivity contribution in [3.8, 4) is 0 Å². The van der Waals surface area contributed by atoms with Crippen molar-refractivity contribution in [1.29, 1.82) is 0 Å². The van der Waals surface area contributed by atoms with E-state index in [0.717, 1.165) is 13.1 Å². The van der Waals surface area contributed by atoms with Crippen LogP contribution < -0.4 is 58.8 Å². The van der Waals surface area contributed by atoms with Crippen molar-refractivity contribution in [1.82, 2.24) is 9.80 Å². The van der Waals surface area contributed by atoms with Crippen molar-refractivity contribution in [2.75, 3.05) is 41.3 Å². The third kappa shape index (κ3) is 52.5. The Morgan fingerprint density at radius 3 is 0.852 bits per heavy atom. The van der Waals surface area contributed by atoms with Crippen LogP contribution in [0.15, 0.2) is 60.7 Å². The first-order valence-electron chi connectivity index (χ1n) is 6.74. The van der Waals surface area contributed by atoms with E-state index < -0.39 is 0 Å². The predicted octanol–water partition coefficient (Wildman–Crippen LogP) is -9.66. The molecule has 9 heteroatoms. The Labute approximate surface area is 245 Å². The van der Waals surface area contributed by atoms with Crippen molar-refractivity contribution in [3.63, 3.8) is 0 Å². The van der Waals surface area contributed by atoms with Gasteiger partial charge >= 0.3 is 65.6 Å². The molecule has 0 aliphatic heterocycles. The summed E-state index contributed by atoms with van der Waals surface area (Å²) in [5.41, 5.74) is 0. The normalized spacial score (nSPS) is 6.89. The number of benzene rings is 2. The standard InChI is InChI=1S/C6H16N2.2C6H5.2BrH.2ClH.2Mg.Zn/c1-7(2)5-6-8(3)4;2*1-2-4-6-5-3-1;;;;;;;/h5-6H2,1-4H3;2*1-5H;4*1H;;;/q;2*-1;;;;;3*+2/p-4. The molecule has 0 saturated heterocycles. The maximum absolute atomic E-state index is 2.89. The van der Waals surface area contributed by atoms with Gasteiger partial charge in [0.05, 0.1) is 0 Å². The van der Waals surface area contributed by atoms with Crippen LogP contribution in [0.5, 0.6) is 0 Å². The summed E-state index contributed by atoms with van der Waals surface area (Å²) in [5.74, 6) is 0. The fourth-order valence-electron chi connectivity index (χ4n) is 1.08. The average Bonchev–Trinajstić information content (AvgIpc) is 2.50. The molecule has 0 heterocycles. The van der Waals surface area contributed by atoms with E-state index in [1.165, 1.54) is 0 Å². The largest absolute Gasteiger partial charge is 2.00 e. The molecule has 0 saturated carbocycles. The Morgan fingerprint density at radius 1 is 0.556 bits per heavy atom. The molecule has 0 aliphatic carbocycles. The summed E-state index contributed by atoms with van der Waals surface area (Å²) in [4.78, 5) is 4.36. The van der Waals surface area contributed by atoms with E-state index in [1.807, 2.05) is 60.7 Å². The van der Waals surface area contributed by atoms with Gasteiger partial charge in [-0.05, 0) is 28.2 Å². The molecule has 0 amide bonds. The van der Waals surface area contributed by atoms with Gasteiger partial charge in [-0.15, -0.1) is 0 Å². The van der Waals surface area contributed by atoms with Gasteiger partial charge in [0.2, 0.25) is 0 Å². The van der Waals surface area contributed by atoms with Crippen LogP contribution in [-0.4, -0.2) is 97.2 Å². The maximum Gasteiger partial charge on any atom is 2.00 e. The Hall–Kier alpha value is 2.06. The molecule has 0 aliphatic rings. The van der Waals surface area contributed by atoms with Crippen molar-refractivity contribution >= 4 is 46.1 Å². The fourth-order valence-corrected chi connectivity index (χ4v) is 1.08. The molecule has 0 bridgehead atoms. The van der Waals surface area contributed by atoms with Gasteiger partial charge in [0.25, 0.3) is 0 Å². The summed E-state index contributed by atoms with van der Waals surface area (Å²) in [5, 5.41) is 0. The summed E-state index contributed by atoms with van der Waals surface area (Å²) in [6, 6.07) is 25.0. The number of rotatable bonds is 3. The number of likely N-dealkylation sites (N-methyl/N-ethyl adjacent to an activating group) is 2. The molecule has 2 nitrogen and oxygen atoms in total. The zero-order chi connectivity index (χ0) is 15.1. The van der Waals surface area contributed by atoms with Crippen LogP contribution in [0, 0.1) is 12.1 Å². The molecule has 0 atom stereocenters. The van der Waals surface area contributed by atoms with Crippen LogP contribution in [0.2, 0.25) is 0 Å². The van der Waals surface area contributed by atoms with Gasteiger partial charge in [0.1, 0.15) is 0 Å². The summed E-state index contributed by atoms with van der Waals surface area (Å²) in [6.45, 7) is 2.29. The quantitative estimate of drug-likeness (QED) is 0.251. The first kappa shape index (κ1) is 51.6. The van der Waals surface area contributed by atoms with Crippen molar-refractivity contribution in [2.24, 2.45) is 0 Å². The van der Waals surface area contributed by atoms with Crippen molar-refractivity contribution in [2.45, 2.75) is 0 Å².